The van der Waals surface area contributed by atoms with Gasteiger partial charge >= 0.3 is 0 Å². The summed E-state index contributed by atoms with van der Waals surface area (Å²) in [7, 11) is 1.05. The zero-order valence-corrected chi connectivity index (χ0v) is 7.07. The van der Waals surface area contributed by atoms with E-state index in [4.69, 9.17) is 0 Å². The van der Waals surface area contributed by atoms with E-state index < -0.39 is 0 Å². The third-order valence-corrected chi connectivity index (χ3v) is 0. The molecule has 0 aliphatic heterocycles. The van der Waals surface area contributed by atoms with Crippen molar-refractivity contribution in [1.82, 2.24) is 0 Å². The number of thiol groups is 1. The van der Waals surface area contributed by atoms with Crippen LogP contribution in [0.15, 0.2) is 0 Å². The second kappa shape index (κ2) is 2.05. The SMILES string of the molecule is C[SiH]([SiH3])S. The zero-order chi connectivity index (χ0) is 3.58. The van der Waals surface area contributed by atoms with Crippen LogP contribution in [0.3, 0.4) is 0 Å². The third kappa shape index (κ3) is 14.4. The Hall–Kier alpha value is 0.784. The molecule has 0 aliphatic carbocycles. The average Bonchev–Trinajstić information content (AvgIpc) is 0.811. The fourth-order valence-electron chi connectivity index (χ4n) is 0. The Balaban J connectivity index is 2.32. The molecule has 0 radical (unpaired) electrons. The fourth-order valence-corrected chi connectivity index (χ4v) is 0. The first-order chi connectivity index (χ1) is 1.73. The quantitative estimate of drug-likeness (QED) is 0.303. The predicted molar refractivity (Wildman–Crippen MR) is 31.9 cm³/mol. The summed E-state index contributed by atoms with van der Waals surface area (Å²) in [6.07, 6.45) is 0. The monoisotopic (exact) mass is 108 g/mol. The molecule has 0 aromatic carbocycles. The summed E-state index contributed by atoms with van der Waals surface area (Å²) in [4.78, 5) is 0. The van der Waals surface area contributed by atoms with Gasteiger partial charge in [-0.25, -0.2) is 12.1 Å². The summed E-state index contributed by atoms with van der Waals surface area (Å²) in [6, 6.07) is 0. The van der Waals surface area contributed by atoms with Gasteiger partial charge in [0, 0.05) is 9.76 Å². The molecule has 4 heavy (non-hydrogen) atoms. The maximum absolute atomic E-state index is 4.17. The van der Waals surface area contributed by atoms with Crippen LogP contribution in [0, 0.1) is 0 Å². The van der Waals surface area contributed by atoms with Crippen molar-refractivity contribution in [2.45, 2.75) is 6.55 Å². The van der Waals surface area contributed by atoms with Crippen LogP contribution in [0.5, 0.6) is 0 Å². The first kappa shape index (κ1) is 4.78. The summed E-state index contributed by atoms with van der Waals surface area (Å²) in [5, 5.41) is 0. The van der Waals surface area contributed by atoms with E-state index >= 15 is 0 Å². The molecule has 26 valence electrons. The fraction of sp³-hybridized carbons (Fsp3) is 1.00. The van der Waals surface area contributed by atoms with Gasteiger partial charge in [-0.05, 0) is 0 Å². The van der Waals surface area contributed by atoms with Crippen LogP contribution in [0.2, 0.25) is 6.55 Å². The van der Waals surface area contributed by atoms with Gasteiger partial charge in [0.15, 0.2) is 0 Å². The van der Waals surface area contributed by atoms with Crippen molar-refractivity contribution < 1.29 is 0 Å². The van der Waals surface area contributed by atoms with Gasteiger partial charge in [0.25, 0.3) is 0 Å². The van der Waals surface area contributed by atoms with Crippen molar-refractivity contribution >= 4 is 29.3 Å². The highest BCUT2D eigenvalue weighted by Crippen LogP contribution is 1.71. The lowest BCUT2D eigenvalue weighted by molar-refractivity contribution is 2.35. The van der Waals surface area contributed by atoms with E-state index in [-0.39, 0.29) is 7.46 Å². The molecule has 1 unspecified atom stereocenters. The Labute approximate surface area is 36.5 Å². The highest BCUT2D eigenvalue weighted by molar-refractivity contribution is 8.15. The summed E-state index contributed by atoms with van der Waals surface area (Å²) < 4.78 is 0. The normalized spacial score (nSPS) is 16.5. The third-order valence-electron chi connectivity index (χ3n) is 0. The molecule has 0 fully saturated rings. The van der Waals surface area contributed by atoms with E-state index in [1.807, 2.05) is 0 Å². The van der Waals surface area contributed by atoms with E-state index in [0.717, 1.165) is 0 Å². The Kier molecular flexibility index (Phi) is 2.45. The van der Waals surface area contributed by atoms with E-state index in [2.05, 4.69) is 18.6 Å². The summed E-state index contributed by atoms with van der Waals surface area (Å²) in [5.74, 6) is 0. The van der Waals surface area contributed by atoms with Crippen molar-refractivity contribution in [1.29, 1.82) is 0 Å². The first-order valence-electron chi connectivity index (χ1n) is 1.41. The van der Waals surface area contributed by atoms with Crippen LogP contribution < -0.4 is 0 Å². The molecule has 0 bridgehead atoms. The summed E-state index contributed by atoms with van der Waals surface area (Å²) in [6.45, 7) is 2.23. The smallest absolute Gasteiger partial charge is 0.0758 e. The van der Waals surface area contributed by atoms with Crippen LogP contribution in [-0.4, -0.2) is 17.2 Å². The minimum atomic E-state index is -0.306. The molecule has 0 rings (SSSR count). The molecule has 3 heteroatoms. The van der Waals surface area contributed by atoms with Gasteiger partial charge in [0.2, 0.25) is 0 Å². The second-order valence-electron chi connectivity index (χ2n) is 1.09. The van der Waals surface area contributed by atoms with Crippen LogP contribution in [-0.2, 0) is 0 Å². The molecule has 0 aliphatic rings. The molecule has 0 aromatic rings. The number of hydrogen-bond donors (Lipinski definition) is 1. The van der Waals surface area contributed by atoms with Gasteiger partial charge < -0.3 is 0 Å². The number of rotatable bonds is 0. The molecule has 0 heterocycles. The maximum Gasteiger partial charge on any atom is 0.0758 e. The Morgan fingerprint density at radius 2 is 2.00 bits per heavy atom. The molecular formula is CH8SSi2. The lowest BCUT2D eigenvalue weighted by Crippen LogP contribution is -1.90. The Morgan fingerprint density at radius 3 is 2.00 bits per heavy atom. The van der Waals surface area contributed by atoms with E-state index in [9.17, 15) is 0 Å². The van der Waals surface area contributed by atoms with E-state index in [0.29, 0.717) is 0 Å². The molecule has 0 spiro atoms. The number of hydrogen-bond acceptors (Lipinski definition) is 1. The van der Waals surface area contributed by atoms with Gasteiger partial charge in [0.05, 0.1) is 7.46 Å². The molecule has 0 nitrogen and oxygen atoms in total. The van der Waals surface area contributed by atoms with Crippen molar-refractivity contribution in [2.75, 3.05) is 0 Å². The average molecular weight is 108 g/mol. The summed E-state index contributed by atoms with van der Waals surface area (Å²) in [5.41, 5.74) is 0. The molecule has 0 N–H and O–H groups in total. The van der Waals surface area contributed by atoms with Gasteiger partial charge in [-0.15, -0.1) is 0 Å². The van der Waals surface area contributed by atoms with Crippen molar-refractivity contribution in [3.05, 3.63) is 0 Å². The van der Waals surface area contributed by atoms with E-state index in [1.54, 1.807) is 0 Å². The second-order valence-corrected chi connectivity index (χ2v) is 14.5. The Bertz CT molecular complexity index is 10.8. The van der Waals surface area contributed by atoms with Gasteiger partial charge in [-0.1, -0.05) is 6.55 Å². The van der Waals surface area contributed by atoms with Crippen LogP contribution in [0.25, 0.3) is 0 Å². The van der Waals surface area contributed by atoms with Crippen LogP contribution >= 0.6 is 12.1 Å². The zero-order valence-electron chi connectivity index (χ0n) is 3.02. The highest BCUT2D eigenvalue weighted by atomic mass is 32.3. The van der Waals surface area contributed by atoms with Crippen molar-refractivity contribution in [2.24, 2.45) is 0 Å². The van der Waals surface area contributed by atoms with Crippen molar-refractivity contribution in [3.8, 4) is 0 Å². The van der Waals surface area contributed by atoms with Crippen LogP contribution in [0.4, 0.5) is 0 Å². The Morgan fingerprint density at radius 1 is 2.00 bits per heavy atom. The lowest BCUT2D eigenvalue weighted by atomic mass is 11.9. The van der Waals surface area contributed by atoms with Crippen LogP contribution in [0.1, 0.15) is 0 Å². The topological polar surface area (TPSA) is 0 Å². The first-order valence-corrected chi connectivity index (χ1v) is 9.25. The molecule has 1 atom stereocenters. The maximum atomic E-state index is 4.17. The molecule has 0 amide bonds. The standard InChI is InChI=1S/CH8SSi2/c1-4(2)3/h2,4H,1,3H3. The lowest BCUT2D eigenvalue weighted by Gasteiger charge is -1.74. The summed E-state index contributed by atoms with van der Waals surface area (Å²) >= 11 is 4.17. The van der Waals surface area contributed by atoms with Gasteiger partial charge in [0.1, 0.15) is 0 Å². The largest absolute Gasteiger partial charge is 0.210 e. The van der Waals surface area contributed by atoms with Crippen molar-refractivity contribution in [3.63, 3.8) is 0 Å². The predicted octanol–water partition coefficient (Wildman–Crippen LogP) is -0.868. The minimum absolute atomic E-state index is 0.306. The molecule has 0 saturated carbocycles. The molecule has 0 aromatic heterocycles. The van der Waals surface area contributed by atoms with Gasteiger partial charge in [-0.3, -0.25) is 0 Å². The molecule has 0 saturated heterocycles. The minimum Gasteiger partial charge on any atom is -0.210 e. The highest BCUT2D eigenvalue weighted by Gasteiger charge is 1.73. The molecular weight excluding hydrogens is 100 g/mol. The van der Waals surface area contributed by atoms with E-state index in [1.165, 1.54) is 9.76 Å². The van der Waals surface area contributed by atoms with Gasteiger partial charge in [-0.2, -0.15) is 0 Å².